The fraction of sp³-hybridized carbons (Fsp3) is 0.188. The van der Waals surface area contributed by atoms with Gasteiger partial charge in [0, 0.05) is 5.69 Å². The Bertz CT molecular complexity index is 717. The van der Waals surface area contributed by atoms with Crippen molar-refractivity contribution in [3.05, 3.63) is 58.6 Å². The maximum atomic E-state index is 12.6. The van der Waals surface area contributed by atoms with E-state index in [1.807, 2.05) is 13.0 Å². The first kappa shape index (κ1) is 17.1. The molecule has 0 fully saturated rings. The van der Waals surface area contributed by atoms with Crippen molar-refractivity contribution in [1.82, 2.24) is 0 Å². The number of alkyl halides is 3. The topological polar surface area (TPSA) is 41.1 Å². The summed E-state index contributed by atoms with van der Waals surface area (Å²) in [5.41, 5.74) is 0.830. The number of halogens is 4. The minimum absolute atomic E-state index is 0.0848. The number of amides is 1. The van der Waals surface area contributed by atoms with E-state index in [1.165, 1.54) is 12.1 Å². The van der Waals surface area contributed by atoms with Crippen molar-refractivity contribution in [1.29, 1.82) is 0 Å². The predicted molar refractivity (Wildman–Crippen MR) is 84.8 cm³/mol. The van der Waals surface area contributed by atoms with Gasteiger partial charge in [0.15, 0.2) is 0 Å². The van der Waals surface area contributed by atoms with Crippen molar-refractivity contribution >= 4 is 28.9 Å². The first-order valence-corrected chi connectivity index (χ1v) is 7.10. The second kappa shape index (κ2) is 6.91. The van der Waals surface area contributed by atoms with Crippen LogP contribution in [0.25, 0.3) is 0 Å². The fourth-order valence-corrected chi connectivity index (χ4v) is 2.22. The molecule has 7 heteroatoms. The second-order valence-electron chi connectivity index (χ2n) is 4.96. The number of benzene rings is 2. The van der Waals surface area contributed by atoms with E-state index in [-0.39, 0.29) is 12.2 Å². The SMILES string of the molecule is Cc1ccc(NCC(=O)Nc2cccc(C(F)(F)F)c2)c(Cl)c1. The van der Waals surface area contributed by atoms with Crippen LogP contribution in [0.4, 0.5) is 24.5 Å². The van der Waals surface area contributed by atoms with Crippen molar-refractivity contribution < 1.29 is 18.0 Å². The molecule has 0 aliphatic carbocycles. The molecule has 0 spiro atoms. The molecule has 0 saturated heterocycles. The second-order valence-corrected chi connectivity index (χ2v) is 5.37. The third-order valence-electron chi connectivity index (χ3n) is 3.04. The van der Waals surface area contributed by atoms with Crippen LogP contribution in [0, 0.1) is 6.92 Å². The summed E-state index contributed by atoms with van der Waals surface area (Å²) in [5, 5.41) is 5.72. The molecule has 0 radical (unpaired) electrons. The standard InChI is InChI=1S/C16H14ClF3N2O/c1-10-5-6-14(13(17)7-10)21-9-15(23)22-12-4-2-3-11(8-12)16(18,19)20/h2-8,21H,9H2,1H3,(H,22,23). The van der Waals surface area contributed by atoms with Crippen molar-refractivity contribution in [3.63, 3.8) is 0 Å². The third kappa shape index (κ3) is 4.89. The van der Waals surface area contributed by atoms with Crippen molar-refractivity contribution in [3.8, 4) is 0 Å². The number of anilines is 2. The van der Waals surface area contributed by atoms with Gasteiger partial charge in [-0.15, -0.1) is 0 Å². The maximum absolute atomic E-state index is 12.6. The fourth-order valence-electron chi connectivity index (χ4n) is 1.92. The molecule has 2 N–H and O–H groups in total. The van der Waals surface area contributed by atoms with Gasteiger partial charge in [-0.3, -0.25) is 4.79 Å². The Hall–Kier alpha value is -2.21. The lowest BCUT2D eigenvalue weighted by Crippen LogP contribution is -2.22. The number of carbonyl (C=O) groups excluding carboxylic acids is 1. The zero-order chi connectivity index (χ0) is 17.0. The summed E-state index contributed by atoms with van der Waals surface area (Å²) >= 11 is 6.02. The quantitative estimate of drug-likeness (QED) is 0.844. The summed E-state index contributed by atoms with van der Waals surface area (Å²) in [6.07, 6.45) is -4.45. The highest BCUT2D eigenvalue weighted by molar-refractivity contribution is 6.33. The van der Waals surface area contributed by atoms with E-state index < -0.39 is 17.6 Å². The first-order chi connectivity index (χ1) is 10.8. The zero-order valence-corrected chi connectivity index (χ0v) is 12.9. The number of nitrogens with one attached hydrogen (secondary N) is 2. The molecular weight excluding hydrogens is 329 g/mol. The lowest BCUT2D eigenvalue weighted by Gasteiger charge is -2.11. The van der Waals surface area contributed by atoms with Gasteiger partial charge >= 0.3 is 6.18 Å². The minimum atomic E-state index is -4.45. The van der Waals surface area contributed by atoms with Crippen LogP contribution in [0.2, 0.25) is 5.02 Å². The molecule has 23 heavy (non-hydrogen) atoms. The van der Waals surface area contributed by atoms with Gasteiger partial charge in [-0.25, -0.2) is 0 Å². The highest BCUT2D eigenvalue weighted by Crippen LogP contribution is 2.30. The molecule has 0 unspecified atom stereocenters. The summed E-state index contributed by atoms with van der Waals surface area (Å²) < 4.78 is 37.8. The number of hydrogen-bond donors (Lipinski definition) is 2. The van der Waals surface area contributed by atoms with Gasteiger partial charge in [-0.05, 0) is 42.8 Å². The van der Waals surface area contributed by atoms with Gasteiger partial charge in [0.25, 0.3) is 0 Å². The Morgan fingerprint density at radius 1 is 1.17 bits per heavy atom. The lowest BCUT2D eigenvalue weighted by atomic mass is 10.2. The molecule has 0 aromatic heterocycles. The molecule has 2 rings (SSSR count). The lowest BCUT2D eigenvalue weighted by molar-refractivity contribution is -0.137. The molecule has 0 bridgehead atoms. The van der Waals surface area contributed by atoms with Crippen molar-refractivity contribution in [2.45, 2.75) is 13.1 Å². The molecule has 0 aliphatic heterocycles. The van der Waals surface area contributed by atoms with Crippen LogP contribution in [0.15, 0.2) is 42.5 Å². The molecule has 0 aliphatic rings. The van der Waals surface area contributed by atoms with E-state index >= 15 is 0 Å². The third-order valence-corrected chi connectivity index (χ3v) is 3.35. The van der Waals surface area contributed by atoms with Gasteiger partial charge in [0.05, 0.1) is 22.8 Å². The van der Waals surface area contributed by atoms with Crippen LogP contribution in [0.5, 0.6) is 0 Å². The van der Waals surface area contributed by atoms with Crippen LogP contribution in [0.3, 0.4) is 0 Å². The van der Waals surface area contributed by atoms with E-state index in [1.54, 1.807) is 12.1 Å². The smallest absolute Gasteiger partial charge is 0.375 e. The Morgan fingerprint density at radius 2 is 1.91 bits per heavy atom. The van der Waals surface area contributed by atoms with Crippen molar-refractivity contribution in [2.24, 2.45) is 0 Å². The summed E-state index contributed by atoms with van der Waals surface area (Å²) in [7, 11) is 0. The Morgan fingerprint density at radius 3 is 2.57 bits per heavy atom. The number of aryl methyl sites for hydroxylation is 1. The highest BCUT2D eigenvalue weighted by Gasteiger charge is 2.30. The highest BCUT2D eigenvalue weighted by atomic mass is 35.5. The van der Waals surface area contributed by atoms with Crippen molar-refractivity contribution in [2.75, 3.05) is 17.2 Å². The molecular formula is C16H14ClF3N2O. The van der Waals surface area contributed by atoms with Crippen LogP contribution in [0.1, 0.15) is 11.1 Å². The molecule has 0 atom stereocenters. The summed E-state index contributed by atoms with van der Waals surface area (Å²) in [6.45, 7) is 1.77. The van der Waals surface area contributed by atoms with Gasteiger partial charge in [-0.1, -0.05) is 23.7 Å². The molecule has 122 valence electrons. The molecule has 2 aromatic carbocycles. The summed E-state index contributed by atoms with van der Waals surface area (Å²) in [5.74, 6) is -0.471. The number of hydrogen-bond acceptors (Lipinski definition) is 2. The zero-order valence-electron chi connectivity index (χ0n) is 12.2. The van der Waals surface area contributed by atoms with E-state index in [9.17, 15) is 18.0 Å². The Balaban J connectivity index is 1.97. The van der Waals surface area contributed by atoms with Crippen LogP contribution >= 0.6 is 11.6 Å². The van der Waals surface area contributed by atoms with E-state index in [0.717, 1.165) is 17.7 Å². The largest absolute Gasteiger partial charge is 0.416 e. The summed E-state index contributed by atoms with van der Waals surface area (Å²) in [4.78, 5) is 11.8. The monoisotopic (exact) mass is 342 g/mol. The van der Waals surface area contributed by atoms with Gasteiger partial charge < -0.3 is 10.6 Å². The molecule has 2 aromatic rings. The molecule has 0 heterocycles. The predicted octanol–water partition coefficient (Wildman–Crippen LogP) is 4.72. The molecule has 1 amide bonds. The summed E-state index contributed by atoms with van der Waals surface area (Å²) in [6, 6.07) is 9.77. The van der Waals surface area contributed by atoms with Crippen LogP contribution in [-0.4, -0.2) is 12.5 Å². The molecule has 3 nitrogen and oxygen atoms in total. The first-order valence-electron chi connectivity index (χ1n) is 6.73. The average Bonchev–Trinajstić information content (AvgIpc) is 2.45. The average molecular weight is 343 g/mol. The van der Waals surface area contributed by atoms with Gasteiger partial charge in [-0.2, -0.15) is 13.2 Å². The van der Waals surface area contributed by atoms with Gasteiger partial charge in [0.1, 0.15) is 0 Å². The number of carbonyl (C=O) groups is 1. The Kier molecular flexibility index (Phi) is 5.15. The Labute approximate surface area is 136 Å². The van der Waals surface area contributed by atoms with Crippen LogP contribution < -0.4 is 10.6 Å². The number of rotatable bonds is 4. The van der Waals surface area contributed by atoms with E-state index in [0.29, 0.717) is 10.7 Å². The normalized spacial score (nSPS) is 11.2. The van der Waals surface area contributed by atoms with Gasteiger partial charge in [0.2, 0.25) is 5.91 Å². The van der Waals surface area contributed by atoms with E-state index in [2.05, 4.69) is 10.6 Å². The van der Waals surface area contributed by atoms with Crippen LogP contribution in [-0.2, 0) is 11.0 Å². The maximum Gasteiger partial charge on any atom is 0.416 e. The van der Waals surface area contributed by atoms with E-state index in [4.69, 9.17) is 11.6 Å². The minimum Gasteiger partial charge on any atom is -0.375 e. The molecule has 0 saturated carbocycles.